The lowest BCUT2D eigenvalue weighted by atomic mass is 9.85. The summed E-state index contributed by atoms with van der Waals surface area (Å²) in [6.07, 6.45) is -11.8. The predicted molar refractivity (Wildman–Crippen MR) is 56.3 cm³/mol. The smallest absolute Gasteiger partial charge is 0.399 e. The van der Waals surface area contributed by atoms with Crippen LogP contribution in [0.3, 0.4) is 0 Å². The highest BCUT2D eigenvalue weighted by Gasteiger charge is 2.72. The third-order valence-corrected chi connectivity index (χ3v) is 2.90. The lowest BCUT2D eigenvalue weighted by molar-refractivity contribution is -0.376. The molecule has 0 radical (unpaired) electrons. The number of halogens is 6. The van der Waals surface area contributed by atoms with Gasteiger partial charge in [0.05, 0.1) is 0 Å². The highest BCUT2D eigenvalue weighted by Crippen LogP contribution is 2.52. The van der Waals surface area contributed by atoms with E-state index in [2.05, 4.69) is 0 Å². The van der Waals surface area contributed by atoms with E-state index in [1.54, 1.807) is 0 Å². The summed E-state index contributed by atoms with van der Waals surface area (Å²) in [6.45, 7) is 2.05. The first-order valence-electron chi connectivity index (χ1n) is 5.06. The van der Waals surface area contributed by atoms with Gasteiger partial charge in [-0.05, 0) is 31.0 Å². The van der Waals surface area contributed by atoms with Gasteiger partial charge in [0.2, 0.25) is 0 Å². The van der Waals surface area contributed by atoms with E-state index < -0.39 is 29.1 Å². The fourth-order valence-electron chi connectivity index (χ4n) is 1.86. The van der Waals surface area contributed by atoms with Crippen molar-refractivity contribution in [3.8, 4) is 0 Å². The molecule has 0 spiro atoms. The van der Waals surface area contributed by atoms with Crippen molar-refractivity contribution in [2.45, 2.75) is 31.8 Å². The first-order chi connectivity index (χ1) is 8.34. The fraction of sp³-hybridized carbons (Fsp3) is 0.455. The molecule has 0 aliphatic carbocycles. The van der Waals surface area contributed by atoms with Crippen LogP contribution in [-0.2, 0) is 5.60 Å². The second-order valence-electron chi connectivity index (χ2n) is 4.18. The van der Waals surface area contributed by atoms with Gasteiger partial charge >= 0.3 is 12.4 Å². The number of nitrogen functional groups attached to an aromatic ring is 1. The van der Waals surface area contributed by atoms with E-state index in [9.17, 15) is 31.4 Å². The van der Waals surface area contributed by atoms with Gasteiger partial charge < -0.3 is 10.8 Å². The molecule has 0 aromatic heterocycles. The summed E-state index contributed by atoms with van der Waals surface area (Å²) >= 11 is 0. The van der Waals surface area contributed by atoms with Gasteiger partial charge in [0.1, 0.15) is 0 Å². The van der Waals surface area contributed by atoms with Crippen LogP contribution in [0.4, 0.5) is 32.0 Å². The van der Waals surface area contributed by atoms with Crippen LogP contribution < -0.4 is 5.73 Å². The minimum absolute atomic E-state index is 0.257. The quantitative estimate of drug-likeness (QED) is 0.615. The van der Waals surface area contributed by atoms with E-state index in [4.69, 9.17) is 5.73 Å². The Morgan fingerprint density at radius 3 is 1.74 bits per heavy atom. The third-order valence-electron chi connectivity index (χ3n) is 2.90. The van der Waals surface area contributed by atoms with Crippen molar-refractivity contribution in [3.05, 3.63) is 28.8 Å². The predicted octanol–water partition coefficient (Wildman–Crippen LogP) is 3.20. The van der Waals surface area contributed by atoms with Gasteiger partial charge in [0, 0.05) is 11.3 Å². The van der Waals surface area contributed by atoms with Crippen molar-refractivity contribution in [2.24, 2.45) is 0 Å². The Morgan fingerprint density at radius 1 is 0.947 bits per heavy atom. The number of alkyl halides is 6. The molecule has 3 N–H and O–H groups in total. The lowest BCUT2D eigenvalue weighted by Crippen LogP contribution is -2.54. The molecule has 0 unspecified atom stereocenters. The Kier molecular flexibility index (Phi) is 3.53. The van der Waals surface area contributed by atoms with E-state index in [0.717, 1.165) is 19.9 Å². The highest BCUT2D eigenvalue weighted by molar-refractivity contribution is 5.55. The van der Waals surface area contributed by atoms with Gasteiger partial charge in [0.15, 0.2) is 0 Å². The van der Waals surface area contributed by atoms with Gasteiger partial charge in [-0.15, -0.1) is 0 Å². The topological polar surface area (TPSA) is 46.2 Å². The summed E-state index contributed by atoms with van der Waals surface area (Å²) in [6, 6.07) is 2.18. The zero-order valence-electron chi connectivity index (χ0n) is 9.95. The number of hydrogen-bond acceptors (Lipinski definition) is 2. The third kappa shape index (κ3) is 2.24. The van der Waals surface area contributed by atoms with Crippen LogP contribution in [0.5, 0.6) is 0 Å². The molecule has 1 rings (SSSR count). The van der Waals surface area contributed by atoms with E-state index >= 15 is 0 Å². The molecule has 0 saturated carbocycles. The van der Waals surface area contributed by atoms with Crippen molar-refractivity contribution >= 4 is 5.69 Å². The normalized spacial score (nSPS) is 13.7. The van der Waals surface area contributed by atoms with Crippen molar-refractivity contribution < 1.29 is 31.4 Å². The summed E-state index contributed by atoms with van der Waals surface area (Å²) in [5.74, 6) is 0. The van der Waals surface area contributed by atoms with Gasteiger partial charge in [-0.3, -0.25) is 0 Å². The first-order valence-corrected chi connectivity index (χ1v) is 5.06. The number of rotatable bonds is 1. The maximum absolute atomic E-state index is 12.8. The maximum atomic E-state index is 12.8. The van der Waals surface area contributed by atoms with Crippen LogP contribution in [0.15, 0.2) is 12.1 Å². The average Bonchev–Trinajstić information content (AvgIpc) is 2.20. The maximum Gasteiger partial charge on any atom is 0.430 e. The van der Waals surface area contributed by atoms with Crippen LogP contribution in [0.2, 0.25) is 0 Å². The Hall–Kier alpha value is -1.44. The molecule has 8 heteroatoms. The highest BCUT2D eigenvalue weighted by atomic mass is 19.4. The summed E-state index contributed by atoms with van der Waals surface area (Å²) in [5.41, 5.74) is -1.93. The van der Waals surface area contributed by atoms with E-state index in [1.165, 1.54) is 6.07 Å². The van der Waals surface area contributed by atoms with Crippen molar-refractivity contribution in [1.29, 1.82) is 0 Å². The van der Waals surface area contributed by atoms with E-state index in [-0.39, 0.29) is 11.3 Å². The van der Waals surface area contributed by atoms with Gasteiger partial charge in [-0.1, -0.05) is 6.07 Å². The zero-order valence-corrected chi connectivity index (χ0v) is 9.95. The molecule has 0 aliphatic rings. The molecule has 0 atom stereocenters. The van der Waals surface area contributed by atoms with Gasteiger partial charge in [-0.2, -0.15) is 26.3 Å². The Morgan fingerprint density at radius 2 is 1.37 bits per heavy atom. The molecule has 0 heterocycles. The molecule has 1 aromatic carbocycles. The first kappa shape index (κ1) is 15.6. The number of hydrogen-bond donors (Lipinski definition) is 2. The van der Waals surface area contributed by atoms with Crippen LogP contribution >= 0.6 is 0 Å². The Labute approximate surface area is 104 Å². The second kappa shape index (κ2) is 4.29. The Balaban J connectivity index is 3.76. The van der Waals surface area contributed by atoms with Crippen molar-refractivity contribution in [3.63, 3.8) is 0 Å². The van der Waals surface area contributed by atoms with Crippen LogP contribution in [0.1, 0.15) is 16.7 Å². The Bertz CT molecular complexity index is 477. The molecule has 0 saturated heterocycles. The molecule has 2 nitrogen and oxygen atoms in total. The number of anilines is 1. The zero-order chi connectivity index (χ0) is 15.2. The number of aryl methyl sites for hydroxylation is 1. The molecule has 19 heavy (non-hydrogen) atoms. The molecular weight excluding hydrogens is 276 g/mol. The number of aliphatic hydroxyl groups is 1. The molecule has 0 aliphatic heterocycles. The SMILES string of the molecule is Cc1ccc(N)c(C)c1C(O)(C(F)(F)F)C(F)(F)F. The number of nitrogens with two attached hydrogens (primary N) is 1. The van der Waals surface area contributed by atoms with Gasteiger partial charge in [0.25, 0.3) is 5.60 Å². The lowest BCUT2D eigenvalue weighted by Gasteiger charge is -2.35. The minimum atomic E-state index is -5.91. The molecule has 0 fully saturated rings. The van der Waals surface area contributed by atoms with Crippen molar-refractivity contribution in [2.75, 3.05) is 5.73 Å². The summed E-state index contributed by atoms with van der Waals surface area (Å²) in [7, 11) is 0. The number of benzene rings is 1. The summed E-state index contributed by atoms with van der Waals surface area (Å²) < 4.78 is 76.6. The molecule has 1 aromatic rings. The standard InChI is InChI=1S/C11H11F6NO/c1-5-3-4-7(18)6(2)8(5)9(19,10(12,13)14)11(15,16)17/h3-4,19H,18H2,1-2H3. The van der Waals surface area contributed by atoms with Crippen LogP contribution in [0, 0.1) is 13.8 Å². The van der Waals surface area contributed by atoms with Crippen LogP contribution in [-0.4, -0.2) is 17.5 Å². The summed E-state index contributed by atoms with van der Waals surface area (Å²) in [4.78, 5) is 0. The average molecular weight is 287 g/mol. The monoisotopic (exact) mass is 287 g/mol. The molecule has 0 bridgehead atoms. The van der Waals surface area contributed by atoms with E-state index in [0.29, 0.717) is 0 Å². The molecule has 0 amide bonds. The largest absolute Gasteiger partial charge is 0.430 e. The second-order valence-corrected chi connectivity index (χ2v) is 4.18. The minimum Gasteiger partial charge on any atom is -0.399 e. The molecule has 108 valence electrons. The van der Waals surface area contributed by atoms with Crippen molar-refractivity contribution in [1.82, 2.24) is 0 Å². The van der Waals surface area contributed by atoms with Gasteiger partial charge in [-0.25, -0.2) is 0 Å². The summed E-state index contributed by atoms with van der Waals surface area (Å²) in [5, 5.41) is 9.34. The fourth-order valence-corrected chi connectivity index (χ4v) is 1.86. The van der Waals surface area contributed by atoms with E-state index in [1.807, 2.05) is 0 Å². The van der Waals surface area contributed by atoms with Crippen LogP contribution in [0.25, 0.3) is 0 Å². The molecular formula is C11H11F6NO.